The molecule has 6 heteroatoms. The molecule has 2 fully saturated rings. The van der Waals surface area contributed by atoms with Crippen molar-refractivity contribution < 1.29 is 12.8 Å². The Hall–Kier alpha value is -1.40. The predicted octanol–water partition coefficient (Wildman–Crippen LogP) is 5.46. The molecular weight excluding hydrogens is 387 g/mol. The van der Waals surface area contributed by atoms with Crippen molar-refractivity contribution in [3.63, 3.8) is 0 Å². The van der Waals surface area contributed by atoms with Crippen LogP contribution >= 0.6 is 0 Å². The second kappa shape index (κ2) is 7.69. The lowest BCUT2D eigenvalue weighted by Gasteiger charge is -2.25. The average molecular weight is 421 g/mol. The molecule has 2 aromatic rings. The van der Waals surface area contributed by atoms with Crippen LogP contribution in [0, 0.1) is 11.2 Å². The smallest absolute Gasteiger partial charge is 0.214 e. The first-order chi connectivity index (χ1) is 13.6. The first-order valence-electron chi connectivity index (χ1n) is 10.9. The summed E-state index contributed by atoms with van der Waals surface area (Å²) in [6, 6.07) is 3.66. The molecule has 0 unspecified atom stereocenters. The maximum Gasteiger partial charge on any atom is 0.214 e. The highest BCUT2D eigenvalue weighted by molar-refractivity contribution is 7.90. The molecule has 2 saturated carbocycles. The van der Waals surface area contributed by atoms with Gasteiger partial charge in [0.2, 0.25) is 10.0 Å². The predicted molar refractivity (Wildman–Crippen MR) is 116 cm³/mol. The van der Waals surface area contributed by atoms with E-state index < -0.39 is 10.0 Å². The van der Waals surface area contributed by atoms with Crippen molar-refractivity contribution in [2.45, 2.75) is 90.0 Å². The first-order valence-corrected chi connectivity index (χ1v) is 12.5. The fraction of sp³-hybridized carbons (Fsp3) is 0.652. The van der Waals surface area contributed by atoms with Crippen molar-refractivity contribution in [2.24, 2.45) is 5.41 Å². The maximum absolute atomic E-state index is 15.0. The van der Waals surface area contributed by atoms with E-state index in [1.165, 1.54) is 12.8 Å². The molecule has 4 nitrogen and oxygen atoms in total. The summed E-state index contributed by atoms with van der Waals surface area (Å²) < 4.78 is 44.9. The lowest BCUT2D eigenvalue weighted by atomic mass is 9.95. The molecular formula is C23H33FN2O2S. The van der Waals surface area contributed by atoms with Gasteiger partial charge in [-0.25, -0.2) is 17.5 Å². The topological polar surface area (TPSA) is 51.1 Å². The summed E-state index contributed by atoms with van der Waals surface area (Å²) in [5.74, 6) is 0.152. The zero-order valence-corrected chi connectivity index (χ0v) is 18.6. The zero-order chi connectivity index (χ0) is 20.8. The van der Waals surface area contributed by atoms with Crippen molar-refractivity contribution in [3.05, 3.63) is 35.3 Å². The Bertz CT molecular complexity index is 994. The normalized spacial score (nSPS) is 19.2. The van der Waals surface area contributed by atoms with Gasteiger partial charge in [-0.1, -0.05) is 40.0 Å². The fourth-order valence-electron chi connectivity index (χ4n) is 4.71. The van der Waals surface area contributed by atoms with Gasteiger partial charge >= 0.3 is 0 Å². The summed E-state index contributed by atoms with van der Waals surface area (Å²) in [6.07, 6.45) is 8.90. The molecule has 4 rings (SSSR count). The van der Waals surface area contributed by atoms with E-state index in [2.05, 4.69) is 30.1 Å². The van der Waals surface area contributed by atoms with Crippen LogP contribution in [0.1, 0.15) is 82.8 Å². The van der Waals surface area contributed by atoms with Gasteiger partial charge in [-0.05, 0) is 60.3 Å². The number of hydrogen-bond acceptors (Lipinski definition) is 2. The molecule has 0 spiro atoms. The van der Waals surface area contributed by atoms with Crippen molar-refractivity contribution in [1.82, 2.24) is 9.29 Å². The molecule has 2 aliphatic carbocycles. The van der Waals surface area contributed by atoms with E-state index in [-0.39, 0.29) is 23.0 Å². The molecule has 29 heavy (non-hydrogen) atoms. The molecule has 160 valence electrons. The van der Waals surface area contributed by atoms with Gasteiger partial charge in [-0.2, -0.15) is 0 Å². The van der Waals surface area contributed by atoms with Crippen LogP contribution < -0.4 is 4.72 Å². The quantitative estimate of drug-likeness (QED) is 0.675. The van der Waals surface area contributed by atoms with Crippen LogP contribution in [0.15, 0.2) is 18.3 Å². The van der Waals surface area contributed by atoms with E-state index in [1.54, 1.807) is 6.07 Å². The highest BCUT2D eigenvalue weighted by Gasteiger charge is 2.31. The van der Waals surface area contributed by atoms with E-state index in [0.29, 0.717) is 5.92 Å². The summed E-state index contributed by atoms with van der Waals surface area (Å²) in [6.45, 7) is 7.56. The van der Waals surface area contributed by atoms with Crippen LogP contribution in [0.25, 0.3) is 10.9 Å². The maximum atomic E-state index is 15.0. The zero-order valence-electron chi connectivity index (χ0n) is 17.8. The number of fused-ring (bicyclic) bond motifs is 1. The number of halogens is 1. The van der Waals surface area contributed by atoms with Gasteiger partial charge in [0, 0.05) is 30.2 Å². The Balaban J connectivity index is 1.70. The Morgan fingerprint density at radius 3 is 2.38 bits per heavy atom. The van der Waals surface area contributed by atoms with Crippen LogP contribution in [-0.2, 0) is 23.1 Å². The minimum Gasteiger partial charge on any atom is -0.347 e. The second-order valence-corrected chi connectivity index (χ2v) is 12.2. The summed E-state index contributed by atoms with van der Waals surface area (Å²) in [7, 11) is -3.30. The Kier molecular flexibility index (Phi) is 5.53. The average Bonchev–Trinajstić information content (AvgIpc) is 3.17. The SMILES string of the molecule is CC(C)(C)Cn1cc(CNS(=O)(=O)C2CCC2)c2cc(F)c(C3CCCC3)cc21. The van der Waals surface area contributed by atoms with E-state index >= 15 is 4.39 Å². The van der Waals surface area contributed by atoms with Gasteiger partial charge in [0.15, 0.2) is 0 Å². The number of nitrogens with zero attached hydrogens (tertiary/aromatic N) is 1. The van der Waals surface area contributed by atoms with Crippen LogP contribution in [0.5, 0.6) is 0 Å². The third-order valence-electron chi connectivity index (χ3n) is 6.48. The van der Waals surface area contributed by atoms with Gasteiger partial charge in [-0.15, -0.1) is 0 Å². The van der Waals surface area contributed by atoms with Crippen molar-refractivity contribution >= 4 is 20.9 Å². The first kappa shape index (κ1) is 20.9. The third kappa shape index (κ3) is 4.38. The standard InChI is InChI=1S/C23H33FN2O2S/c1-23(2,3)15-26-14-17(13-25-29(27,28)18-9-6-10-18)20-11-21(24)19(12-22(20)26)16-7-4-5-8-16/h11-12,14,16,18,25H,4-10,13,15H2,1-3H3. The Labute approximate surface area is 173 Å². The van der Waals surface area contributed by atoms with Gasteiger partial charge in [0.25, 0.3) is 0 Å². The molecule has 0 amide bonds. The summed E-state index contributed by atoms with van der Waals surface area (Å²) in [4.78, 5) is 0. The molecule has 1 heterocycles. The second-order valence-electron chi connectivity index (χ2n) is 10.1. The molecule has 0 bridgehead atoms. The van der Waals surface area contributed by atoms with E-state index in [9.17, 15) is 8.42 Å². The molecule has 0 saturated heterocycles. The van der Waals surface area contributed by atoms with Crippen LogP contribution in [-0.4, -0.2) is 18.2 Å². The Morgan fingerprint density at radius 1 is 1.10 bits per heavy atom. The number of nitrogens with one attached hydrogen (secondary N) is 1. The lowest BCUT2D eigenvalue weighted by molar-refractivity contribution is 0.349. The number of benzene rings is 1. The summed E-state index contributed by atoms with van der Waals surface area (Å²) in [5.41, 5.74) is 2.76. The van der Waals surface area contributed by atoms with Crippen molar-refractivity contribution in [1.29, 1.82) is 0 Å². The van der Waals surface area contributed by atoms with Gasteiger partial charge in [0.05, 0.1) is 5.25 Å². The van der Waals surface area contributed by atoms with Crippen LogP contribution in [0.4, 0.5) is 4.39 Å². The minimum absolute atomic E-state index is 0.0660. The molecule has 2 aliphatic rings. The highest BCUT2D eigenvalue weighted by Crippen LogP contribution is 2.38. The molecule has 1 N–H and O–H groups in total. The monoisotopic (exact) mass is 420 g/mol. The largest absolute Gasteiger partial charge is 0.347 e. The van der Waals surface area contributed by atoms with Crippen LogP contribution in [0.2, 0.25) is 0 Å². The molecule has 1 aromatic carbocycles. The van der Waals surface area contributed by atoms with Crippen molar-refractivity contribution in [2.75, 3.05) is 0 Å². The fourth-order valence-corrected chi connectivity index (χ4v) is 6.26. The number of rotatable bonds is 6. The van der Waals surface area contributed by atoms with Crippen LogP contribution in [0.3, 0.4) is 0 Å². The van der Waals surface area contributed by atoms with Gasteiger partial charge in [0.1, 0.15) is 5.82 Å². The van der Waals surface area contributed by atoms with E-state index in [1.807, 2.05) is 12.3 Å². The third-order valence-corrected chi connectivity index (χ3v) is 8.37. The molecule has 1 aromatic heterocycles. The summed E-state index contributed by atoms with van der Waals surface area (Å²) in [5, 5.41) is 0.556. The van der Waals surface area contributed by atoms with Crippen molar-refractivity contribution in [3.8, 4) is 0 Å². The number of aromatic nitrogens is 1. The molecule has 0 aliphatic heterocycles. The number of sulfonamides is 1. The number of hydrogen-bond donors (Lipinski definition) is 1. The summed E-state index contributed by atoms with van der Waals surface area (Å²) >= 11 is 0. The van der Waals surface area contributed by atoms with Gasteiger partial charge in [-0.3, -0.25) is 0 Å². The highest BCUT2D eigenvalue weighted by atomic mass is 32.2. The van der Waals surface area contributed by atoms with E-state index in [0.717, 1.165) is 60.7 Å². The molecule has 0 radical (unpaired) electrons. The van der Waals surface area contributed by atoms with E-state index in [4.69, 9.17) is 0 Å². The molecule has 0 atom stereocenters. The Morgan fingerprint density at radius 2 is 1.79 bits per heavy atom. The van der Waals surface area contributed by atoms with Gasteiger partial charge < -0.3 is 4.57 Å². The minimum atomic E-state index is -3.30. The lowest BCUT2D eigenvalue weighted by Crippen LogP contribution is -2.38.